The van der Waals surface area contributed by atoms with Crippen LogP contribution in [0.25, 0.3) is 0 Å². The van der Waals surface area contributed by atoms with Crippen LogP contribution >= 0.6 is 0 Å². The molecule has 96 valence electrons. The first kappa shape index (κ1) is 14.0. The smallest absolute Gasteiger partial charge is 0.306 e. The van der Waals surface area contributed by atoms with Gasteiger partial charge in [0, 0.05) is 5.69 Å². The largest absolute Gasteiger partial charge is 0.481 e. The number of aliphatic carboxylic acids is 1. The zero-order chi connectivity index (χ0) is 13.5. The first-order chi connectivity index (χ1) is 8.58. The minimum absolute atomic E-state index is 0.378. The van der Waals surface area contributed by atoms with Crippen molar-refractivity contribution in [1.82, 2.24) is 0 Å². The van der Waals surface area contributed by atoms with Crippen LogP contribution in [-0.4, -0.2) is 11.1 Å². The molecular formula is C14H18N2O2. The second-order valence-corrected chi connectivity index (χ2v) is 4.41. The molecule has 1 unspecified atom stereocenters. The minimum Gasteiger partial charge on any atom is -0.481 e. The molecule has 0 aliphatic heterocycles. The lowest BCUT2D eigenvalue weighted by molar-refractivity contribution is -0.141. The second-order valence-electron chi connectivity index (χ2n) is 4.41. The van der Waals surface area contributed by atoms with Gasteiger partial charge in [-0.1, -0.05) is 25.8 Å². The number of unbranched alkanes of at least 4 members (excludes halogenated alkanes) is 1. The number of rotatable bonds is 6. The summed E-state index contributed by atoms with van der Waals surface area (Å²) in [5, 5.41) is 17.9. The molecule has 0 aliphatic carbocycles. The molecule has 0 fully saturated rings. The van der Waals surface area contributed by atoms with E-state index in [-0.39, 0.29) is 5.92 Å². The van der Waals surface area contributed by atoms with E-state index in [1.807, 2.05) is 13.0 Å². The molecule has 4 nitrogen and oxygen atoms in total. The first-order valence-corrected chi connectivity index (χ1v) is 6.09. The van der Waals surface area contributed by atoms with Crippen molar-refractivity contribution in [1.29, 1.82) is 5.26 Å². The van der Waals surface area contributed by atoms with Gasteiger partial charge < -0.3 is 10.8 Å². The number of carboxylic acids is 1. The van der Waals surface area contributed by atoms with Crippen molar-refractivity contribution in [2.45, 2.75) is 32.6 Å². The van der Waals surface area contributed by atoms with Crippen LogP contribution in [0.3, 0.4) is 0 Å². The minimum atomic E-state index is -0.772. The Labute approximate surface area is 107 Å². The second kappa shape index (κ2) is 6.65. The Morgan fingerprint density at radius 1 is 1.56 bits per heavy atom. The van der Waals surface area contributed by atoms with E-state index in [9.17, 15) is 4.79 Å². The number of nitrogen functional groups attached to an aromatic ring is 1. The van der Waals surface area contributed by atoms with Crippen LogP contribution in [0.1, 0.15) is 37.3 Å². The van der Waals surface area contributed by atoms with Crippen LogP contribution in [0.15, 0.2) is 18.2 Å². The van der Waals surface area contributed by atoms with Gasteiger partial charge in [0.25, 0.3) is 0 Å². The Morgan fingerprint density at radius 3 is 2.78 bits per heavy atom. The number of benzene rings is 1. The van der Waals surface area contributed by atoms with Gasteiger partial charge in [0.15, 0.2) is 0 Å². The summed E-state index contributed by atoms with van der Waals surface area (Å²) in [6.45, 7) is 2.04. The summed E-state index contributed by atoms with van der Waals surface area (Å²) in [5.74, 6) is -1.15. The van der Waals surface area contributed by atoms with Crippen LogP contribution in [0.2, 0.25) is 0 Å². The maximum atomic E-state index is 11.1. The molecule has 0 amide bonds. The number of nitrogens with two attached hydrogens (primary N) is 1. The van der Waals surface area contributed by atoms with Crippen LogP contribution in [-0.2, 0) is 11.2 Å². The number of hydrogen-bond acceptors (Lipinski definition) is 3. The van der Waals surface area contributed by atoms with Gasteiger partial charge in [0.05, 0.1) is 11.5 Å². The number of hydrogen-bond donors (Lipinski definition) is 2. The summed E-state index contributed by atoms with van der Waals surface area (Å²) >= 11 is 0. The van der Waals surface area contributed by atoms with Crippen LogP contribution in [0.4, 0.5) is 5.69 Å². The molecule has 0 spiro atoms. The lowest BCUT2D eigenvalue weighted by atomic mass is 9.93. The maximum Gasteiger partial charge on any atom is 0.306 e. The highest BCUT2D eigenvalue weighted by Crippen LogP contribution is 2.19. The highest BCUT2D eigenvalue weighted by atomic mass is 16.4. The van der Waals surface area contributed by atoms with E-state index in [2.05, 4.69) is 0 Å². The molecule has 3 N–H and O–H groups in total. The Hall–Kier alpha value is -2.02. The Balaban J connectivity index is 2.78. The van der Waals surface area contributed by atoms with Crippen molar-refractivity contribution in [2.75, 3.05) is 5.73 Å². The van der Waals surface area contributed by atoms with E-state index < -0.39 is 5.97 Å². The number of nitriles is 1. The van der Waals surface area contributed by atoms with E-state index >= 15 is 0 Å². The Kier molecular flexibility index (Phi) is 5.19. The van der Waals surface area contributed by atoms with Gasteiger partial charge in [-0.15, -0.1) is 0 Å². The van der Waals surface area contributed by atoms with Crippen LogP contribution in [0, 0.1) is 17.2 Å². The van der Waals surface area contributed by atoms with E-state index in [0.717, 1.165) is 18.4 Å². The van der Waals surface area contributed by atoms with E-state index in [1.165, 1.54) is 0 Å². The average Bonchev–Trinajstić information content (AvgIpc) is 2.34. The van der Waals surface area contributed by atoms with Gasteiger partial charge >= 0.3 is 5.97 Å². The number of anilines is 1. The third kappa shape index (κ3) is 3.77. The van der Waals surface area contributed by atoms with E-state index in [4.69, 9.17) is 16.1 Å². The number of carbonyl (C=O) groups is 1. The molecule has 0 bridgehead atoms. The topological polar surface area (TPSA) is 87.1 Å². The third-order valence-electron chi connectivity index (χ3n) is 2.97. The summed E-state index contributed by atoms with van der Waals surface area (Å²) in [7, 11) is 0. The van der Waals surface area contributed by atoms with Crippen LogP contribution < -0.4 is 5.73 Å². The van der Waals surface area contributed by atoms with Gasteiger partial charge in [0.1, 0.15) is 6.07 Å². The van der Waals surface area contributed by atoms with Gasteiger partial charge in [0.2, 0.25) is 0 Å². The predicted octanol–water partition coefficient (Wildman–Crippen LogP) is 2.57. The molecule has 0 aliphatic rings. The molecule has 1 aromatic rings. The Bertz CT molecular complexity index is 463. The summed E-state index contributed by atoms with van der Waals surface area (Å²) in [4.78, 5) is 11.1. The lowest BCUT2D eigenvalue weighted by Crippen LogP contribution is -2.16. The van der Waals surface area contributed by atoms with E-state index in [1.54, 1.807) is 18.2 Å². The average molecular weight is 246 g/mol. The van der Waals surface area contributed by atoms with E-state index in [0.29, 0.717) is 24.1 Å². The zero-order valence-electron chi connectivity index (χ0n) is 10.5. The predicted molar refractivity (Wildman–Crippen MR) is 69.9 cm³/mol. The van der Waals surface area contributed by atoms with Crippen molar-refractivity contribution in [3.63, 3.8) is 0 Å². The maximum absolute atomic E-state index is 11.1. The summed E-state index contributed by atoms with van der Waals surface area (Å²) in [5.41, 5.74) is 7.43. The van der Waals surface area contributed by atoms with Gasteiger partial charge in [-0.05, 0) is 30.5 Å². The highest BCUT2D eigenvalue weighted by molar-refractivity contribution is 5.70. The SMILES string of the molecule is CCCCC(Cc1ccc(C#N)c(N)c1)C(=O)O. The van der Waals surface area contributed by atoms with Crippen LogP contribution in [0.5, 0.6) is 0 Å². The fraction of sp³-hybridized carbons (Fsp3) is 0.429. The molecular weight excluding hydrogens is 228 g/mol. The van der Waals surface area contributed by atoms with Crippen molar-refractivity contribution in [2.24, 2.45) is 5.92 Å². The normalized spacial score (nSPS) is 11.8. The summed E-state index contributed by atoms with van der Waals surface area (Å²) < 4.78 is 0. The molecule has 18 heavy (non-hydrogen) atoms. The van der Waals surface area contributed by atoms with Gasteiger partial charge in [-0.3, -0.25) is 4.79 Å². The standard InChI is InChI=1S/C14H18N2O2/c1-2-3-4-11(14(17)18)7-10-5-6-12(9-15)13(16)8-10/h5-6,8,11H,2-4,7,16H2,1H3,(H,17,18). The van der Waals surface area contributed by atoms with Crippen molar-refractivity contribution in [3.8, 4) is 6.07 Å². The zero-order valence-corrected chi connectivity index (χ0v) is 10.5. The number of nitrogens with zero attached hydrogens (tertiary/aromatic N) is 1. The molecule has 1 aromatic carbocycles. The fourth-order valence-electron chi connectivity index (χ4n) is 1.89. The van der Waals surface area contributed by atoms with Crippen molar-refractivity contribution >= 4 is 11.7 Å². The quantitative estimate of drug-likeness (QED) is 0.755. The number of carboxylic acid groups (broad SMARTS) is 1. The Morgan fingerprint density at radius 2 is 2.28 bits per heavy atom. The molecule has 0 aromatic heterocycles. The molecule has 4 heteroatoms. The first-order valence-electron chi connectivity index (χ1n) is 6.09. The molecule has 1 atom stereocenters. The fourth-order valence-corrected chi connectivity index (χ4v) is 1.89. The molecule has 1 rings (SSSR count). The van der Waals surface area contributed by atoms with Gasteiger partial charge in [-0.2, -0.15) is 5.26 Å². The molecule has 0 saturated carbocycles. The van der Waals surface area contributed by atoms with Crippen molar-refractivity contribution < 1.29 is 9.90 Å². The lowest BCUT2D eigenvalue weighted by Gasteiger charge is -2.12. The third-order valence-corrected chi connectivity index (χ3v) is 2.97. The monoisotopic (exact) mass is 246 g/mol. The summed E-state index contributed by atoms with van der Waals surface area (Å²) in [6, 6.07) is 7.10. The van der Waals surface area contributed by atoms with Gasteiger partial charge in [-0.25, -0.2) is 0 Å². The molecule has 0 saturated heterocycles. The van der Waals surface area contributed by atoms with Crippen molar-refractivity contribution in [3.05, 3.63) is 29.3 Å². The summed E-state index contributed by atoms with van der Waals surface area (Å²) in [6.07, 6.45) is 3.03. The molecule has 0 heterocycles. The highest BCUT2D eigenvalue weighted by Gasteiger charge is 2.17. The molecule has 0 radical (unpaired) electrons.